The van der Waals surface area contributed by atoms with Crippen molar-refractivity contribution >= 4 is 29.5 Å². The molecule has 6 nitrogen and oxygen atoms in total. The molecule has 3 aliphatic heterocycles. The molecule has 7 heteroatoms. The fourth-order valence-electron chi connectivity index (χ4n) is 4.13. The van der Waals surface area contributed by atoms with Gasteiger partial charge in [0.15, 0.2) is 5.78 Å². The third-order valence-corrected chi connectivity index (χ3v) is 5.38. The number of hydrogen-bond donors (Lipinski definition) is 0. The van der Waals surface area contributed by atoms with E-state index in [9.17, 15) is 18.8 Å². The van der Waals surface area contributed by atoms with Crippen LogP contribution >= 0.6 is 0 Å². The molecule has 0 N–H and O–H groups in total. The van der Waals surface area contributed by atoms with E-state index < -0.39 is 41.1 Å². The molecule has 4 atom stereocenters. The second-order valence-electron chi connectivity index (χ2n) is 8.12. The van der Waals surface area contributed by atoms with Crippen LogP contribution in [-0.2, 0) is 14.4 Å². The average molecular weight is 369 g/mol. The van der Waals surface area contributed by atoms with Crippen molar-refractivity contribution in [3.8, 4) is 0 Å². The standard InChI is InChI=1S/C20H20FN3O3/c1-20(2,3)17(25)16-15-14(13-5-4-10-22-24(13)16)18(26)23(19(15)27)12-8-6-11(21)7-9-12/h4-10,13-16H,1-3H3/t13-,14-,15+,16+/m1/s1. The van der Waals surface area contributed by atoms with Crippen molar-refractivity contribution in [3.63, 3.8) is 0 Å². The summed E-state index contributed by atoms with van der Waals surface area (Å²) in [5.41, 5.74) is -0.370. The lowest BCUT2D eigenvalue weighted by molar-refractivity contribution is -0.136. The minimum absolute atomic E-state index is 0.130. The largest absolute Gasteiger partial charge is 0.297 e. The zero-order chi connectivity index (χ0) is 19.5. The summed E-state index contributed by atoms with van der Waals surface area (Å²) in [4.78, 5) is 40.6. The van der Waals surface area contributed by atoms with E-state index in [0.29, 0.717) is 5.69 Å². The van der Waals surface area contributed by atoms with Crippen molar-refractivity contribution in [2.75, 3.05) is 4.90 Å². The van der Waals surface area contributed by atoms with E-state index >= 15 is 0 Å². The highest BCUT2D eigenvalue weighted by Gasteiger charge is 2.64. The van der Waals surface area contributed by atoms with E-state index in [1.807, 2.05) is 0 Å². The first-order valence-corrected chi connectivity index (χ1v) is 8.88. The van der Waals surface area contributed by atoms with Crippen LogP contribution in [0.1, 0.15) is 20.8 Å². The highest BCUT2D eigenvalue weighted by atomic mass is 19.1. The van der Waals surface area contributed by atoms with Crippen LogP contribution in [0.5, 0.6) is 0 Å². The monoisotopic (exact) mass is 369 g/mol. The number of rotatable bonds is 2. The first kappa shape index (κ1) is 17.6. The molecule has 0 saturated carbocycles. The number of carbonyl (C=O) groups is 3. The fraction of sp³-hybridized carbons (Fsp3) is 0.400. The van der Waals surface area contributed by atoms with Crippen molar-refractivity contribution in [3.05, 3.63) is 42.2 Å². The number of imide groups is 1. The minimum Gasteiger partial charge on any atom is -0.297 e. The van der Waals surface area contributed by atoms with Gasteiger partial charge < -0.3 is 0 Å². The van der Waals surface area contributed by atoms with Gasteiger partial charge in [0.05, 0.1) is 23.6 Å². The van der Waals surface area contributed by atoms with E-state index in [1.54, 1.807) is 44.1 Å². The molecule has 0 aromatic heterocycles. The van der Waals surface area contributed by atoms with Crippen LogP contribution in [0.2, 0.25) is 0 Å². The summed E-state index contributed by atoms with van der Waals surface area (Å²) in [5.74, 6) is -2.88. The summed E-state index contributed by atoms with van der Waals surface area (Å²) in [7, 11) is 0. The van der Waals surface area contributed by atoms with E-state index in [0.717, 1.165) is 4.90 Å². The number of carbonyl (C=O) groups excluding carboxylic acids is 3. The minimum atomic E-state index is -0.806. The Kier molecular flexibility index (Phi) is 3.80. The topological polar surface area (TPSA) is 70.0 Å². The zero-order valence-corrected chi connectivity index (χ0v) is 15.3. The van der Waals surface area contributed by atoms with Gasteiger partial charge >= 0.3 is 0 Å². The molecule has 0 radical (unpaired) electrons. The van der Waals surface area contributed by atoms with E-state index in [-0.39, 0.29) is 11.7 Å². The SMILES string of the molecule is CC(C)(C)C(=O)[C@@H]1[C@H]2C(=O)N(c3ccc(F)cc3)C(=O)[C@@H]2[C@H]2C=CC=NN21. The summed E-state index contributed by atoms with van der Waals surface area (Å²) in [6.45, 7) is 5.38. The molecule has 0 aliphatic carbocycles. The van der Waals surface area contributed by atoms with Crippen molar-refractivity contribution < 1.29 is 18.8 Å². The Morgan fingerprint density at radius 1 is 1.07 bits per heavy atom. The molecular weight excluding hydrogens is 349 g/mol. The molecule has 0 spiro atoms. The smallest absolute Gasteiger partial charge is 0.240 e. The number of hydrazone groups is 1. The molecule has 4 rings (SSSR count). The van der Waals surface area contributed by atoms with Gasteiger partial charge in [-0.1, -0.05) is 26.8 Å². The highest BCUT2D eigenvalue weighted by Crippen LogP contribution is 2.47. The van der Waals surface area contributed by atoms with Crippen molar-refractivity contribution in [2.24, 2.45) is 22.4 Å². The van der Waals surface area contributed by atoms with E-state index in [2.05, 4.69) is 5.10 Å². The summed E-state index contributed by atoms with van der Waals surface area (Å²) in [6, 6.07) is 3.97. The van der Waals surface area contributed by atoms with Gasteiger partial charge in [-0.25, -0.2) is 9.29 Å². The van der Waals surface area contributed by atoms with Crippen molar-refractivity contribution in [1.29, 1.82) is 0 Å². The molecule has 140 valence electrons. The third-order valence-electron chi connectivity index (χ3n) is 5.38. The first-order chi connectivity index (χ1) is 12.7. The van der Waals surface area contributed by atoms with Gasteiger partial charge in [-0.05, 0) is 30.3 Å². The summed E-state index contributed by atoms with van der Waals surface area (Å²) >= 11 is 0. The zero-order valence-electron chi connectivity index (χ0n) is 15.3. The normalized spacial score (nSPS) is 29.3. The van der Waals surface area contributed by atoms with Gasteiger partial charge in [-0.2, -0.15) is 5.10 Å². The van der Waals surface area contributed by atoms with Crippen LogP contribution in [0.25, 0.3) is 0 Å². The predicted molar refractivity (Wildman–Crippen MR) is 97.4 cm³/mol. The molecule has 2 fully saturated rings. The Bertz CT molecular complexity index is 885. The first-order valence-electron chi connectivity index (χ1n) is 8.88. The number of nitrogens with zero attached hydrogens (tertiary/aromatic N) is 3. The van der Waals surface area contributed by atoms with Gasteiger partial charge in [-0.3, -0.25) is 19.4 Å². The molecule has 1 aromatic carbocycles. The molecule has 0 unspecified atom stereocenters. The fourth-order valence-corrected chi connectivity index (χ4v) is 4.13. The van der Waals surface area contributed by atoms with Gasteiger partial charge in [-0.15, -0.1) is 0 Å². The Hall–Kier alpha value is -2.83. The number of allylic oxidation sites excluding steroid dienone is 1. The predicted octanol–water partition coefficient (Wildman–Crippen LogP) is 2.15. The quantitative estimate of drug-likeness (QED) is 0.749. The third kappa shape index (κ3) is 2.52. The molecular formula is C20H20FN3O3. The number of hydrogen-bond acceptors (Lipinski definition) is 5. The van der Waals surface area contributed by atoms with Gasteiger partial charge in [0.25, 0.3) is 0 Å². The van der Waals surface area contributed by atoms with Crippen LogP contribution in [0.15, 0.2) is 41.5 Å². The number of ketones is 1. The second kappa shape index (κ2) is 5.84. The number of anilines is 1. The Morgan fingerprint density at radius 3 is 2.33 bits per heavy atom. The molecule has 2 saturated heterocycles. The summed E-state index contributed by atoms with van der Waals surface area (Å²) in [6.07, 6.45) is 5.09. The Balaban J connectivity index is 1.79. The van der Waals surface area contributed by atoms with Gasteiger partial charge in [0.1, 0.15) is 11.9 Å². The van der Waals surface area contributed by atoms with Crippen molar-refractivity contribution in [1.82, 2.24) is 5.01 Å². The van der Waals surface area contributed by atoms with Crippen LogP contribution in [0, 0.1) is 23.1 Å². The van der Waals surface area contributed by atoms with E-state index in [4.69, 9.17) is 0 Å². The van der Waals surface area contributed by atoms with Crippen LogP contribution in [-0.4, -0.2) is 40.9 Å². The van der Waals surface area contributed by atoms with Gasteiger partial charge in [0.2, 0.25) is 11.8 Å². The Labute approximate surface area is 156 Å². The maximum Gasteiger partial charge on any atom is 0.240 e. The maximum absolute atomic E-state index is 13.3. The van der Waals surface area contributed by atoms with Crippen LogP contribution < -0.4 is 4.90 Å². The molecule has 27 heavy (non-hydrogen) atoms. The van der Waals surface area contributed by atoms with E-state index in [1.165, 1.54) is 24.3 Å². The molecule has 3 heterocycles. The van der Waals surface area contributed by atoms with Gasteiger partial charge in [0, 0.05) is 11.6 Å². The lowest BCUT2D eigenvalue weighted by Gasteiger charge is -2.33. The number of fused-ring (bicyclic) bond motifs is 3. The summed E-state index contributed by atoms with van der Waals surface area (Å²) in [5, 5.41) is 5.89. The molecule has 1 aromatic rings. The van der Waals surface area contributed by atoms with Crippen molar-refractivity contribution in [2.45, 2.75) is 32.9 Å². The number of benzene rings is 1. The second-order valence-corrected chi connectivity index (χ2v) is 8.12. The molecule has 0 bridgehead atoms. The maximum atomic E-state index is 13.3. The molecule has 2 amide bonds. The van der Waals surface area contributed by atoms with Crippen LogP contribution in [0.4, 0.5) is 10.1 Å². The number of amides is 2. The lowest BCUT2D eigenvalue weighted by Crippen LogP contribution is -2.49. The highest BCUT2D eigenvalue weighted by molar-refractivity contribution is 6.24. The average Bonchev–Trinajstić information content (AvgIpc) is 3.08. The number of halogens is 1. The molecule has 3 aliphatic rings. The summed E-state index contributed by atoms with van der Waals surface area (Å²) < 4.78 is 13.3. The van der Waals surface area contributed by atoms with Crippen LogP contribution in [0.3, 0.4) is 0 Å². The lowest BCUT2D eigenvalue weighted by atomic mass is 9.80. The Morgan fingerprint density at radius 2 is 1.70 bits per heavy atom. The number of Topliss-reactive ketones (excluding diaryl/α,β-unsaturated/α-hetero) is 1.